The first-order valence-corrected chi connectivity index (χ1v) is 10.5. The van der Waals surface area contributed by atoms with Crippen LogP contribution in [0.15, 0.2) is 67.7 Å². The van der Waals surface area contributed by atoms with Gasteiger partial charge in [0.15, 0.2) is 0 Å². The Hall–Kier alpha value is -3.88. The van der Waals surface area contributed by atoms with Crippen LogP contribution in [0.5, 0.6) is 0 Å². The number of nitro groups is 1. The molecule has 2 aromatic carbocycles. The van der Waals surface area contributed by atoms with Crippen LogP contribution >= 0.6 is 27.3 Å². The Morgan fingerprint density at radius 2 is 2.12 bits per heavy atom. The third-order valence-corrected chi connectivity index (χ3v) is 5.72. The Balaban J connectivity index is 1.68. The van der Waals surface area contributed by atoms with Crippen LogP contribution in [-0.4, -0.2) is 9.91 Å². The Bertz CT molecular complexity index is 1510. The third kappa shape index (κ3) is 4.27. The van der Waals surface area contributed by atoms with Crippen molar-refractivity contribution in [2.75, 3.05) is 5.32 Å². The highest BCUT2D eigenvalue weighted by molar-refractivity contribution is 9.10. The van der Waals surface area contributed by atoms with E-state index in [1.807, 2.05) is 6.07 Å². The molecule has 0 bridgehead atoms. The molecule has 0 aliphatic carbocycles. The maximum Gasteiger partial charge on any atom is 0.345 e. The number of nitrogens with zero attached hydrogens (tertiary/aromatic N) is 3. The smallest absolute Gasteiger partial charge is 0.345 e. The van der Waals surface area contributed by atoms with Gasteiger partial charge in [-0.05, 0) is 36.4 Å². The largest absolute Gasteiger partial charge is 0.422 e. The molecule has 0 aliphatic rings. The number of benzene rings is 2. The normalized spacial score (nSPS) is 11.3. The van der Waals surface area contributed by atoms with Gasteiger partial charge in [-0.2, -0.15) is 5.26 Å². The molecule has 0 saturated heterocycles. The summed E-state index contributed by atoms with van der Waals surface area (Å²) < 4.78 is 19.5. The second-order valence-corrected chi connectivity index (χ2v) is 8.17. The number of nitrogens with one attached hydrogen (secondary N) is 1. The van der Waals surface area contributed by atoms with Crippen molar-refractivity contribution in [3.63, 3.8) is 0 Å². The van der Waals surface area contributed by atoms with Gasteiger partial charge in [-0.15, -0.1) is 11.3 Å². The van der Waals surface area contributed by atoms with E-state index in [-0.39, 0.29) is 21.8 Å². The molecule has 158 valence electrons. The summed E-state index contributed by atoms with van der Waals surface area (Å²) in [6, 6.07) is 11.9. The monoisotopic (exact) mass is 512 g/mol. The van der Waals surface area contributed by atoms with E-state index < -0.39 is 22.1 Å². The zero-order chi connectivity index (χ0) is 22.8. The van der Waals surface area contributed by atoms with Gasteiger partial charge in [-0.25, -0.2) is 14.2 Å². The molecule has 0 fully saturated rings. The fraction of sp³-hybridized carbons (Fsp3) is 0. The van der Waals surface area contributed by atoms with Crippen LogP contribution in [0.25, 0.3) is 27.8 Å². The van der Waals surface area contributed by atoms with Crippen LogP contribution in [0.1, 0.15) is 5.01 Å². The maximum atomic E-state index is 13.3. The lowest BCUT2D eigenvalue weighted by Gasteiger charge is -2.03. The molecule has 0 aliphatic heterocycles. The lowest BCUT2D eigenvalue weighted by molar-refractivity contribution is -0.384. The number of fused-ring (bicyclic) bond motifs is 1. The Kier molecular flexibility index (Phi) is 5.81. The predicted octanol–water partition coefficient (Wildman–Crippen LogP) is 5.70. The number of halogens is 2. The number of anilines is 1. The quantitative estimate of drug-likeness (QED) is 0.157. The number of allylic oxidation sites excluding steroid dienone is 1. The summed E-state index contributed by atoms with van der Waals surface area (Å²) in [5.41, 5.74) is 0.0409. The van der Waals surface area contributed by atoms with Crippen molar-refractivity contribution in [3.8, 4) is 17.3 Å². The molecule has 2 heterocycles. The Labute approximate surface area is 191 Å². The predicted molar refractivity (Wildman–Crippen MR) is 122 cm³/mol. The van der Waals surface area contributed by atoms with Crippen molar-refractivity contribution in [1.82, 2.24) is 4.98 Å². The molecule has 32 heavy (non-hydrogen) atoms. The fourth-order valence-electron chi connectivity index (χ4n) is 2.86. The third-order valence-electron chi connectivity index (χ3n) is 4.35. The lowest BCUT2D eigenvalue weighted by Crippen LogP contribution is -2.03. The van der Waals surface area contributed by atoms with E-state index in [2.05, 4.69) is 26.2 Å². The minimum atomic E-state index is -0.752. The zero-order valence-electron chi connectivity index (χ0n) is 15.8. The van der Waals surface area contributed by atoms with Crippen LogP contribution < -0.4 is 10.9 Å². The van der Waals surface area contributed by atoms with Crippen LogP contribution in [0.2, 0.25) is 0 Å². The first-order valence-electron chi connectivity index (χ1n) is 8.86. The van der Waals surface area contributed by atoms with Crippen LogP contribution in [0.3, 0.4) is 0 Å². The van der Waals surface area contributed by atoms with Gasteiger partial charge in [0.25, 0.3) is 5.69 Å². The molecule has 0 unspecified atom stereocenters. The molecule has 2 aromatic heterocycles. The zero-order valence-corrected chi connectivity index (χ0v) is 18.2. The number of rotatable bonds is 5. The average molecular weight is 513 g/mol. The first-order chi connectivity index (χ1) is 15.4. The molecule has 0 atom stereocenters. The van der Waals surface area contributed by atoms with Crippen LogP contribution in [0, 0.1) is 27.3 Å². The number of nitro benzene ring substituents is 1. The van der Waals surface area contributed by atoms with E-state index >= 15 is 0 Å². The number of thiazole rings is 1. The van der Waals surface area contributed by atoms with Gasteiger partial charge in [-0.1, -0.05) is 15.9 Å². The van der Waals surface area contributed by atoms with Crippen molar-refractivity contribution in [2.24, 2.45) is 0 Å². The highest BCUT2D eigenvalue weighted by Gasteiger charge is 2.16. The van der Waals surface area contributed by atoms with E-state index in [0.29, 0.717) is 16.7 Å². The number of nitriles is 1. The summed E-state index contributed by atoms with van der Waals surface area (Å²) in [5.74, 6) is -0.752. The molecule has 1 N–H and O–H groups in total. The van der Waals surface area contributed by atoms with E-state index in [1.165, 1.54) is 12.3 Å². The highest BCUT2D eigenvalue weighted by Crippen LogP contribution is 2.29. The van der Waals surface area contributed by atoms with Crippen LogP contribution in [0.4, 0.5) is 15.8 Å². The average Bonchev–Trinajstić information content (AvgIpc) is 3.24. The van der Waals surface area contributed by atoms with Crippen molar-refractivity contribution in [3.05, 3.63) is 89.9 Å². The van der Waals surface area contributed by atoms with Gasteiger partial charge in [0.05, 0.1) is 22.2 Å². The van der Waals surface area contributed by atoms with Crippen molar-refractivity contribution >= 4 is 55.2 Å². The molecule has 0 amide bonds. The molecule has 8 nitrogen and oxygen atoms in total. The van der Waals surface area contributed by atoms with E-state index in [9.17, 15) is 24.6 Å². The SMILES string of the molecule is N#CC(=CNc1ccc(F)cc1[N+](=O)[O-])c1nc(-c2cc3cc(Br)ccc3oc2=O)cs1. The Morgan fingerprint density at radius 1 is 1.31 bits per heavy atom. The van der Waals surface area contributed by atoms with Crippen molar-refractivity contribution in [1.29, 1.82) is 5.26 Å². The molecule has 0 spiro atoms. The molecular weight excluding hydrogens is 503 g/mol. The molecule has 4 aromatic rings. The van der Waals surface area contributed by atoms with Gasteiger partial charge in [-0.3, -0.25) is 10.1 Å². The standard InChI is InChI=1S/C21H10BrFN4O4S/c22-13-1-4-19-11(5-13)6-15(21(28)31-19)17-10-32-20(26-17)12(8-24)9-25-16-3-2-14(23)7-18(16)27(29)30/h1-7,9-10,25H. The summed E-state index contributed by atoms with van der Waals surface area (Å²) in [6.07, 6.45) is 1.24. The summed E-state index contributed by atoms with van der Waals surface area (Å²) in [4.78, 5) is 27.1. The van der Waals surface area contributed by atoms with Crippen LogP contribution in [-0.2, 0) is 0 Å². The van der Waals surface area contributed by atoms with Gasteiger partial charge in [0.2, 0.25) is 0 Å². The number of hydrogen-bond acceptors (Lipinski definition) is 8. The topological polar surface area (TPSA) is 122 Å². The molecule has 4 rings (SSSR count). The lowest BCUT2D eigenvalue weighted by atomic mass is 10.1. The number of hydrogen-bond donors (Lipinski definition) is 1. The summed E-state index contributed by atoms with van der Waals surface area (Å²) in [7, 11) is 0. The highest BCUT2D eigenvalue weighted by atomic mass is 79.9. The minimum absolute atomic E-state index is 0.0154. The first kappa shape index (κ1) is 21.4. The molecule has 0 saturated carbocycles. The molecular formula is C21H10BrFN4O4S. The minimum Gasteiger partial charge on any atom is -0.422 e. The van der Waals surface area contributed by atoms with Gasteiger partial charge in [0.1, 0.15) is 33.7 Å². The Morgan fingerprint density at radius 3 is 2.88 bits per heavy atom. The molecule has 0 radical (unpaired) electrons. The van der Waals surface area contributed by atoms with E-state index in [1.54, 1.807) is 29.6 Å². The summed E-state index contributed by atoms with van der Waals surface area (Å²) >= 11 is 4.49. The van der Waals surface area contributed by atoms with Gasteiger partial charge < -0.3 is 9.73 Å². The summed E-state index contributed by atoms with van der Waals surface area (Å²) in [6.45, 7) is 0. The van der Waals surface area contributed by atoms with E-state index in [0.717, 1.165) is 27.9 Å². The van der Waals surface area contributed by atoms with E-state index in [4.69, 9.17) is 4.42 Å². The second-order valence-electron chi connectivity index (χ2n) is 6.40. The van der Waals surface area contributed by atoms with Crippen molar-refractivity contribution < 1.29 is 13.7 Å². The second kappa shape index (κ2) is 8.70. The van der Waals surface area contributed by atoms with Gasteiger partial charge >= 0.3 is 5.63 Å². The molecule has 11 heteroatoms. The maximum absolute atomic E-state index is 13.3. The van der Waals surface area contributed by atoms with Crippen molar-refractivity contribution in [2.45, 2.75) is 0 Å². The fourth-order valence-corrected chi connectivity index (χ4v) is 4.03. The number of aromatic nitrogens is 1. The summed E-state index contributed by atoms with van der Waals surface area (Å²) in [5, 5.41) is 25.9. The van der Waals surface area contributed by atoms with Gasteiger partial charge in [0, 0.05) is 21.4 Å².